The quantitative estimate of drug-likeness (QED) is 0.517. The molecule has 23 heavy (non-hydrogen) atoms. The van der Waals surface area contributed by atoms with Gasteiger partial charge in [-0.05, 0) is 31.0 Å². The van der Waals surface area contributed by atoms with Gasteiger partial charge < -0.3 is 0 Å². The Bertz CT molecular complexity index is 686. The first kappa shape index (κ1) is 19.3. The molecule has 2 rings (SSSR count). The first-order valence-corrected chi connectivity index (χ1v) is 8.32. The number of nitrogens with zero attached hydrogens (tertiary/aromatic N) is 3. The number of carbonyl (C=O) groups excluding carboxylic acids is 2. The second kappa shape index (κ2) is 8.24. The molecule has 0 aliphatic carbocycles. The van der Waals surface area contributed by atoms with Gasteiger partial charge in [-0.2, -0.15) is 10.5 Å². The summed E-state index contributed by atoms with van der Waals surface area (Å²) in [6.07, 6.45) is 1.06. The highest BCUT2D eigenvalue weighted by molar-refractivity contribution is 9.10. The van der Waals surface area contributed by atoms with Gasteiger partial charge in [0.25, 0.3) is 0 Å². The molecular formula is C16H15Br2N3O2. The number of benzene rings is 1. The van der Waals surface area contributed by atoms with Crippen molar-refractivity contribution in [2.45, 2.75) is 38.5 Å². The number of hydrogen-bond donors (Lipinski definition) is 0. The standard InChI is InChI=1S/C12H11BrN2.C4H4BrNO2/c1-12(2,8-15)10-3-4-11(13)9(7-10)5-6-14;5-6-3(7)1-2-4(6)8/h3-4,7H,5H2,1-2H3;1-2H2. The molecule has 1 aliphatic heterocycles. The van der Waals surface area contributed by atoms with E-state index in [-0.39, 0.29) is 11.8 Å². The van der Waals surface area contributed by atoms with E-state index in [2.05, 4.69) is 44.2 Å². The fourth-order valence-corrected chi connectivity index (χ4v) is 2.54. The van der Waals surface area contributed by atoms with E-state index in [9.17, 15) is 9.59 Å². The second-order valence-corrected chi connectivity index (χ2v) is 7.01. The smallest absolute Gasteiger partial charge is 0.239 e. The van der Waals surface area contributed by atoms with E-state index in [1.807, 2.05) is 32.0 Å². The van der Waals surface area contributed by atoms with Gasteiger partial charge >= 0.3 is 0 Å². The predicted octanol–water partition coefficient (Wildman–Crippen LogP) is 3.76. The van der Waals surface area contributed by atoms with E-state index in [0.717, 1.165) is 19.5 Å². The van der Waals surface area contributed by atoms with Crippen LogP contribution in [-0.2, 0) is 21.4 Å². The molecule has 1 aliphatic rings. The summed E-state index contributed by atoms with van der Waals surface area (Å²) in [5.41, 5.74) is 1.36. The lowest BCUT2D eigenvalue weighted by Gasteiger charge is -2.16. The molecule has 1 fully saturated rings. The molecule has 0 bridgehead atoms. The Morgan fingerprint density at radius 2 is 1.78 bits per heavy atom. The van der Waals surface area contributed by atoms with Crippen LogP contribution < -0.4 is 0 Å². The van der Waals surface area contributed by atoms with Gasteiger partial charge in [-0.1, -0.05) is 28.1 Å². The molecule has 5 nitrogen and oxygen atoms in total. The lowest BCUT2D eigenvalue weighted by Crippen LogP contribution is -2.16. The van der Waals surface area contributed by atoms with Gasteiger partial charge in [0.05, 0.1) is 40.1 Å². The molecule has 120 valence electrons. The fourth-order valence-electron chi connectivity index (χ4n) is 1.80. The van der Waals surface area contributed by atoms with Crippen LogP contribution in [0.15, 0.2) is 22.7 Å². The summed E-state index contributed by atoms with van der Waals surface area (Å²) in [7, 11) is 0. The summed E-state index contributed by atoms with van der Waals surface area (Å²) in [5.74, 6) is -0.287. The molecule has 0 radical (unpaired) electrons. The van der Waals surface area contributed by atoms with E-state index in [4.69, 9.17) is 10.5 Å². The summed E-state index contributed by atoms with van der Waals surface area (Å²) in [6, 6.07) is 10.1. The van der Waals surface area contributed by atoms with Crippen LogP contribution >= 0.6 is 32.1 Å². The molecule has 2 amide bonds. The maximum Gasteiger partial charge on any atom is 0.239 e. The minimum absolute atomic E-state index is 0.144. The fraction of sp³-hybridized carbons (Fsp3) is 0.375. The predicted molar refractivity (Wildman–Crippen MR) is 92.1 cm³/mol. The van der Waals surface area contributed by atoms with Crippen LogP contribution in [0.1, 0.15) is 37.8 Å². The van der Waals surface area contributed by atoms with Crippen LogP contribution in [0.5, 0.6) is 0 Å². The highest BCUT2D eigenvalue weighted by Gasteiger charge is 2.26. The van der Waals surface area contributed by atoms with E-state index in [1.54, 1.807) is 0 Å². The van der Waals surface area contributed by atoms with E-state index in [0.29, 0.717) is 19.3 Å². The number of amides is 2. The van der Waals surface area contributed by atoms with Gasteiger partial charge in [0, 0.05) is 17.3 Å². The number of halogens is 2. The maximum atomic E-state index is 10.4. The summed E-state index contributed by atoms with van der Waals surface area (Å²) < 4.78 is 1.90. The van der Waals surface area contributed by atoms with Gasteiger partial charge in [0.2, 0.25) is 11.8 Å². The topological polar surface area (TPSA) is 85.0 Å². The molecule has 0 atom stereocenters. The zero-order chi connectivity index (χ0) is 17.6. The lowest BCUT2D eigenvalue weighted by molar-refractivity contribution is -0.131. The van der Waals surface area contributed by atoms with Crippen LogP contribution in [-0.4, -0.2) is 15.7 Å². The zero-order valence-corrected chi connectivity index (χ0v) is 15.9. The number of rotatable bonds is 2. The Balaban J connectivity index is 0.000000277. The molecule has 0 N–H and O–H groups in total. The average Bonchev–Trinajstić information content (AvgIpc) is 2.81. The van der Waals surface area contributed by atoms with Gasteiger partial charge in [0.15, 0.2) is 0 Å². The lowest BCUT2D eigenvalue weighted by atomic mass is 9.85. The van der Waals surface area contributed by atoms with Crippen molar-refractivity contribution in [2.24, 2.45) is 0 Å². The van der Waals surface area contributed by atoms with Crippen LogP contribution in [0.2, 0.25) is 0 Å². The van der Waals surface area contributed by atoms with E-state index < -0.39 is 5.41 Å². The summed E-state index contributed by atoms with van der Waals surface area (Å²) in [4.78, 5) is 20.9. The number of hydrogen-bond acceptors (Lipinski definition) is 4. The molecule has 1 saturated heterocycles. The molecule has 1 aromatic rings. The van der Waals surface area contributed by atoms with Crippen molar-refractivity contribution in [1.82, 2.24) is 3.93 Å². The molecule has 0 saturated carbocycles. The number of imide groups is 1. The molecule has 1 heterocycles. The zero-order valence-electron chi connectivity index (χ0n) is 12.8. The third-order valence-corrected chi connectivity index (χ3v) is 4.87. The largest absolute Gasteiger partial charge is 0.274 e. The Kier molecular flexibility index (Phi) is 6.93. The SMILES string of the molecule is CC(C)(C#N)c1ccc(Br)c(CC#N)c1.O=C1CCC(=O)N1Br. The first-order valence-electron chi connectivity index (χ1n) is 6.81. The highest BCUT2D eigenvalue weighted by Crippen LogP contribution is 2.27. The number of nitriles is 2. The highest BCUT2D eigenvalue weighted by atomic mass is 79.9. The van der Waals surface area contributed by atoms with Gasteiger partial charge in [-0.3, -0.25) is 9.59 Å². The molecule has 0 spiro atoms. The molecule has 7 heteroatoms. The van der Waals surface area contributed by atoms with Crippen LogP contribution in [0.3, 0.4) is 0 Å². The third kappa shape index (κ3) is 5.16. The van der Waals surface area contributed by atoms with Crippen molar-refractivity contribution in [3.63, 3.8) is 0 Å². The van der Waals surface area contributed by atoms with Crippen LogP contribution in [0.4, 0.5) is 0 Å². The minimum Gasteiger partial charge on any atom is -0.274 e. The Morgan fingerprint density at radius 3 is 2.17 bits per heavy atom. The Morgan fingerprint density at radius 1 is 1.22 bits per heavy atom. The van der Waals surface area contributed by atoms with Crippen molar-refractivity contribution < 1.29 is 9.59 Å². The molecule has 1 aromatic carbocycles. The minimum atomic E-state index is -0.509. The van der Waals surface area contributed by atoms with Crippen LogP contribution in [0.25, 0.3) is 0 Å². The second-order valence-electron chi connectivity index (χ2n) is 5.45. The molecular weight excluding hydrogens is 426 g/mol. The van der Waals surface area contributed by atoms with Gasteiger partial charge in [-0.25, -0.2) is 3.93 Å². The van der Waals surface area contributed by atoms with Crippen molar-refractivity contribution in [3.8, 4) is 12.1 Å². The Hall–Kier alpha value is -1.70. The van der Waals surface area contributed by atoms with E-state index in [1.165, 1.54) is 0 Å². The normalized spacial score (nSPS) is 13.9. The third-order valence-electron chi connectivity index (χ3n) is 3.31. The van der Waals surface area contributed by atoms with Crippen molar-refractivity contribution >= 4 is 43.9 Å². The summed E-state index contributed by atoms with van der Waals surface area (Å²) >= 11 is 6.19. The Labute approximate surface area is 152 Å². The van der Waals surface area contributed by atoms with Gasteiger partial charge in [-0.15, -0.1) is 0 Å². The first-order chi connectivity index (χ1) is 10.7. The van der Waals surface area contributed by atoms with Crippen molar-refractivity contribution in [3.05, 3.63) is 33.8 Å². The summed E-state index contributed by atoms with van der Waals surface area (Å²) in [5, 5.41) is 17.7. The monoisotopic (exact) mass is 439 g/mol. The molecule has 0 aromatic heterocycles. The number of carbonyl (C=O) groups is 2. The molecule has 0 unspecified atom stereocenters. The van der Waals surface area contributed by atoms with Gasteiger partial charge in [0.1, 0.15) is 0 Å². The van der Waals surface area contributed by atoms with Crippen LogP contribution in [0, 0.1) is 22.7 Å². The average molecular weight is 441 g/mol. The summed E-state index contributed by atoms with van der Waals surface area (Å²) in [6.45, 7) is 3.73. The maximum absolute atomic E-state index is 10.4. The van der Waals surface area contributed by atoms with Crippen molar-refractivity contribution in [2.75, 3.05) is 0 Å². The van der Waals surface area contributed by atoms with E-state index >= 15 is 0 Å². The van der Waals surface area contributed by atoms with Crippen molar-refractivity contribution in [1.29, 1.82) is 10.5 Å².